The van der Waals surface area contributed by atoms with Gasteiger partial charge >= 0.3 is 0 Å². The van der Waals surface area contributed by atoms with E-state index in [4.69, 9.17) is 4.74 Å². The molecule has 0 bridgehead atoms. The molecule has 1 N–H and O–H groups in total. The van der Waals surface area contributed by atoms with Crippen LogP contribution in [0, 0.1) is 13.8 Å². The van der Waals surface area contributed by atoms with Crippen molar-refractivity contribution in [2.45, 2.75) is 33.8 Å². The van der Waals surface area contributed by atoms with E-state index in [1.165, 1.54) is 0 Å². The summed E-state index contributed by atoms with van der Waals surface area (Å²) in [6.45, 7) is 7.34. The Morgan fingerprint density at radius 3 is 2.62 bits per heavy atom. The summed E-state index contributed by atoms with van der Waals surface area (Å²) < 4.78 is 5.98. The number of thioether (sulfide) groups is 1. The summed E-state index contributed by atoms with van der Waals surface area (Å²) in [5, 5.41) is 4.25. The fraction of sp³-hybridized carbons (Fsp3) is 0.222. The Kier molecular flexibility index (Phi) is 6.75. The van der Waals surface area contributed by atoms with E-state index < -0.39 is 17.1 Å². The molecule has 7 heteroatoms. The summed E-state index contributed by atoms with van der Waals surface area (Å²) >= 11 is 0.830. The lowest BCUT2D eigenvalue weighted by Crippen LogP contribution is -2.36. The molecule has 1 saturated heterocycles. The summed E-state index contributed by atoms with van der Waals surface area (Å²) in [5.74, 6) is -0.283. The fourth-order valence-electron chi connectivity index (χ4n) is 3.75. The summed E-state index contributed by atoms with van der Waals surface area (Å²) in [4.78, 5) is 39.6. The van der Waals surface area contributed by atoms with Crippen molar-refractivity contribution < 1.29 is 19.1 Å². The first-order chi connectivity index (χ1) is 16.2. The number of amides is 3. The molecule has 0 radical (unpaired) electrons. The number of rotatable bonds is 6. The Hall–Kier alpha value is -3.58. The highest BCUT2D eigenvalue weighted by molar-refractivity contribution is 8.18. The van der Waals surface area contributed by atoms with E-state index >= 15 is 0 Å². The first-order valence-corrected chi connectivity index (χ1v) is 11.9. The van der Waals surface area contributed by atoms with Crippen LogP contribution in [0.1, 0.15) is 30.5 Å². The minimum Gasteiger partial charge on any atom is -0.490 e. The lowest BCUT2D eigenvalue weighted by Gasteiger charge is -2.15. The summed E-state index contributed by atoms with van der Waals surface area (Å²) in [6, 6.07) is 17.4. The molecule has 3 aromatic carbocycles. The predicted octanol–water partition coefficient (Wildman–Crippen LogP) is 5.92. The molecule has 174 valence electrons. The van der Waals surface area contributed by atoms with Crippen molar-refractivity contribution in [3.8, 4) is 5.75 Å². The minimum absolute atomic E-state index is 0.0582. The van der Waals surface area contributed by atoms with Gasteiger partial charge in [-0.2, -0.15) is 0 Å². The average Bonchev–Trinajstić information content (AvgIpc) is 3.05. The molecule has 0 aromatic heterocycles. The lowest BCUT2D eigenvalue weighted by atomic mass is 10.0. The third-order valence-electron chi connectivity index (χ3n) is 5.41. The molecular formula is C27H26N2O4S. The van der Waals surface area contributed by atoms with Gasteiger partial charge in [0, 0.05) is 11.3 Å². The molecule has 0 aliphatic carbocycles. The number of benzene rings is 3. The number of nitrogens with zero attached hydrogens (tertiary/aromatic N) is 1. The number of carbonyl (C=O) groups is 3. The molecule has 3 aromatic rings. The quantitative estimate of drug-likeness (QED) is 0.449. The van der Waals surface area contributed by atoms with Crippen LogP contribution >= 0.6 is 11.8 Å². The fourth-order valence-corrected chi connectivity index (χ4v) is 4.57. The van der Waals surface area contributed by atoms with Gasteiger partial charge in [-0.05, 0) is 79.6 Å². The SMILES string of the molecule is Cc1ccc(C)c(NC(=O)CN2C(=O)S/C(=C/c3c(OC(C)C)ccc4ccccc34)C2=O)c1. The molecule has 3 amide bonds. The van der Waals surface area contributed by atoms with Crippen molar-refractivity contribution in [1.29, 1.82) is 0 Å². The van der Waals surface area contributed by atoms with E-state index in [9.17, 15) is 14.4 Å². The molecule has 1 fully saturated rings. The molecule has 34 heavy (non-hydrogen) atoms. The minimum atomic E-state index is -0.491. The van der Waals surface area contributed by atoms with Crippen molar-refractivity contribution in [3.05, 3.63) is 76.2 Å². The van der Waals surface area contributed by atoms with Crippen molar-refractivity contribution in [2.75, 3.05) is 11.9 Å². The number of ether oxygens (including phenoxy) is 1. The maximum absolute atomic E-state index is 13.1. The smallest absolute Gasteiger partial charge is 0.294 e. The van der Waals surface area contributed by atoms with Crippen LogP contribution in [-0.2, 0) is 9.59 Å². The number of hydrogen-bond donors (Lipinski definition) is 1. The van der Waals surface area contributed by atoms with E-state index in [0.717, 1.165) is 44.1 Å². The van der Waals surface area contributed by atoms with Gasteiger partial charge < -0.3 is 10.1 Å². The number of carbonyl (C=O) groups excluding carboxylic acids is 3. The van der Waals surface area contributed by atoms with E-state index in [0.29, 0.717) is 11.4 Å². The van der Waals surface area contributed by atoms with Crippen molar-refractivity contribution in [1.82, 2.24) is 4.90 Å². The van der Waals surface area contributed by atoms with Gasteiger partial charge in [-0.3, -0.25) is 19.3 Å². The molecule has 0 spiro atoms. The van der Waals surface area contributed by atoms with Gasteiger partial charge in [0.15, 0.2) is 0 Å². The van der Waals surface area contributed by atoms with Crippen LogP contribution in [0.25, 0.3) is 16.8 Å². The Morgan fingerprint density at radius 1 is 1.09 bits per heavy atom. The Bertz CT molecular complexity index is 1330. The zero-order valence-corrected chi connectivity index (χ0v) is 20.4. The van der Waals surface area contributed by atoms with E-state index in [2.05, 4.69) is 5.32 Å². The number of hydrogen-bond acceptors (Lipinski definition) is 5. The van der Waals surface area contributed by atoms with E-state index in [1.54, 1.807) is 6.08 Å². The van der Waals surface area contributed by atoms with Crippen molar-refractivity contribution >= 4 is 51.4 Å². The third-order valence-corrected chi connectivity index (χ3v) is 6.32. The van der Waals surface area contributed by atoms with Gasteiger partial charge in [-0.1, -0.05) is 42.5 Å². The number of fused-ring (bicyclic) bond motifs is 1. The second kappa shape index (κ2) is 9.73. The summed E-state index contributed by atoms with van der Waals surface area (Å²) in [5.41, 5.74) is 3.31. The zero-order valence-electron chi connectivity index (χ0n) is 19.5. The molecular weight excluding hydrogens is 448 g/mol. The van der Waals surface area contributed by atoms with Crippen molar-refractivity contribution in [2.24, 2.45) is 0 Å². The molecule has 6 nitrogen and oxygen atoms in total. The van der Waals surface area contributed by atoms with Crippen molar-refractivity contribution in [3.63, 3.8) is 0 Å². The van der Waals surface area contributed by atoms with Crippen LogP contribution in [0.5, 0.6) is 5.75 Å². The van der Waals surface area contributed by atoms with Gasteiger partial charge in [-0.15, -0.1) is 0 Å². The van der Waals surface area contributed by atoms with E-state index in [1.807, 2.05) is 82.3 Å². The molecule has 0 saturated carbocycles. The van der Waals surface area contributed by atoms with Gasteiger partial charge in [-0.25, -0.2) is 0 Å². The Balaban J connectivity index is 1.60. The lowest BCUT2D eigenvalue weighted by molar-refractivity contribution is -0.127. The van der Waals surface area contributed by atoms with Crippen LogP contribution in [0.3, 0.4) is 0 Å². The van der Waals surface area contributed by atoms with Crippen LogP contribution in [0.2, 0.25) is 0 Å². The van der Waals surface area contributed by atoms with Crippen LogP contribution in [0.4, 0.5) is 10.5 Å². The molecule has 1 aliphatic rings. The van der Waals surface area contributed by atoms with Gasteiger partial charge in [0.2, 0.25) is 5.91 Å². The van der Waals surface area contributed by atoms with Crippen LogP contribution in [-0.4, -0.2) is 34.6 Å². The second-order valence-electron chi connectivity index (χ2n) is 8.50. The normalized spacial score (nSPS) is 15.0. The molecule has 1 heterocycles. The van der Waals surface area contributed by atoms with E-state index in [-0.39, 0.29) is 17.6 Å². The summed E-state index contributed by atoms with van der Waals surface area (Å²) in [6.07, 6.45) is 1.63. The third kappa shape index (κ3) is 4.99. The maximum atomic E-state index is 13.1. The highest BCUT2D eigenvalue weighted by atomic mass is 32.2. The largest absolute Gasteiger partial charge is 0.490 e. The standard InChI is InChI=1S/C27H26N2O4S/c1-16(2)33-23-12-11-19-7-5-6-8-20(19)21(23)14-24-26(31)29(27(32)34-24)15-25(30)28-22-13-17(3)9-10-18(22)4/h5-14,16H,15H2,1-4H3,(H,28,30)/b24-14+. The zero-order chi connectivity index (χ0) is 24.4. The topological polar surface area (TPSA) is 75.7 Å². The first kappa shape index (κ1) is 23.6. The Labute approximate surface area is 203 Å². The predicted molar refractivity (Wildman–Crippen MR) is 137 cm³/mol. The molecule has 1 aliphatic heterocycles. The first-order valence-electron chi connectivity index (χ1n) is 11.0. The number of nitrogens with one attached hydrogen (secondary N) is 1. The van der Waals surface area contributed by atoms with Gasteiger partial charge in [0.1, 0.15) is 12.3 Å². The molecule has 4 rings (SSSR count). The number of anilines is 1. The number of aryl methyl sites for hydroxylation is 2. The maximum Gasteiger partial charge on any atom is 0.294 e. The monoisotopic (exact) mass is 474 g/mol. The van der Waals surface area contributed by atoms with Crippen LogP contribution in [0.15, 0.2) is 59.5 Å². The number of imide groups is 1. The average molecular weight is 475 g/mol. The second-order valence-corrected chi connectivity index (χ2v) is 9.49. The highest BCUT2D eigenvalue weighted by Gasteiger charge is 2.36. The van der Waals surface area contributed by atoms with Gasteiger partial charge in [0.25, 0.3) is 11.1 Å². The Morgan fingerprint density at radius 2 is 1.85 bits per heavy atom. The van der Waals surface area contributed by atoms with Crippen LogP contribution < -0.4 is 10.1 Å². The highest BCUT2D eigenvalue weighted by Crippen LogP contribution is 2.37. The molecule has 0 unspecified atom stereocenters. The summed E-state index contributed by atoms with van der Waals surface area (Å²) in [7, 11) is 0. The van der Waals surface area contributed by atoms with Gasteiger partial charge in [0.05, 0.1) is 11.0 Å². The molecule has 0 atom stereocenters.